The molecule has 3 rings (SSSR count). The molecule has 2 aromatic rings. The summed E-state index contributed by atoms with van der Waals surface area (Å²) < 4.78 is 0. The predicted octanol–water partition coefficient (Wildman–Crippen LogP) is 4.94. The largest absolute Gasteiger partial charge is 0.309 e. The summed E-state index contributed by atoms with van der Waals surface area (Å²) >= 11 is 3.92. The molecule has 0 spiro atoms. The number of thioether (sulfide) groups is 1. The van der Waals surface area contributed by atoms with Crippen LogP contribution < -0.4 is 0 Å². The lowest BCUT2D eigenvalue weighted by molar-refractivity contribution is 0.398. The van der Waals surface area contributed by atoms with E-state index >= 15 is 0 Å². The van der Waals surface area contributed by atoms with E-state index in [2.05, 4.69) is 67.5 Å². The van der Waals surface area contributed by atoms with Gasteiger partial charge in [0.25, 0.3) is 0 Å². The molecule has 0 aromatic heterocycles. The molecule has 0 saturated carbocycles. The van der Waals surface area contributed by atoms with Gasteiger partial charge in [0, 0.05) is 19.9 Å². The summed E-state index contributed by atoms with van der Waals surface area (Å²) in [5, 5.41) is 0.546. The highest BCUT2D eigenvalue weighted by atomic mass is 32.2. The molecule has 0 fully saturated rings. The highest BCUT2D eigenvalue weighted by Crippen LogP contribution is 2.50. The van der Waals surface area contributed by atoms with Gasteiger partial charge < -0.3 is 4.90 Å². The summed E-state index contributed by atoms with van der Waals surface area (Å²) in [6.07, 6.45) is 1.18. The van der Waals surface area contributed by atoms with Crippen molar-refractivity contribution in [2.75, 3.05) is 20.6 Å². The monoisotopic (exact) mass is 301 g/mol. The average molecular weight is 301 g/mol. The summed E-state index contributed by atoms with van der Waals surface area (Å²) in [4.78, 5) is 6.48. The molecule has 0 saturated heterocycles. The van der Waals surface area contributed by atoms with E-state index in [1.165, 1.54) is 26.7 Å². The first-order chi connectivity index (χ1) is 9.74. The van der Waals surface area contributed by atoms with Crippen LogP contribution in [-0.2, 0) is 0 Å². The average Bonchev–Trinajstić information content (AvgIpc) is 2.61. The van der Waals surface area contributed by atoms with E-state index in [1.807, 2.05) is 23.5 Å². The van der Waals surface area contributed by atoms with Crippen molar-refractivity contribution in [3.8, 4) is 0 Å². The summed E-state index contributed by atoms with van der Waals surface area (Å²) in [5.41, 5.74) is 1.49. The topological polar surface area (TPSA) is 3.24 Å². The quantitative estimate of drug-likeness (QED) is 0.791. The Morgan fingerprint density at radius 2 is 1.55 bits per heavy atom. The van der Waals surface area contributed by atoms with Crippen LogP contribution in [-0.4, -0.2) is 25.5 Å². The zero-order valence-electron chi connectivity index (χ0n) is 11.9. The second kappa shape index (κ2) is 6.25. The molecule has 0 bridgehead atoms. The van der Waals surface area contributed by atoms with Crippen LogP contribution in [0.25, 0.3) is 0 Å². The Bertz CT molecular complexity index is 595. The van der Waals surface area contributed by atoms with Gasteiger partial charge in [-0.25, -0.2) is 0 Å². The van der Waals surface area contributed by atoms with Gasteiger partial charge in [0.2, 0.25) is 0 Å². The van der Waals surface area contributed by atoms with Crippen LogP contribution >= 0.6 is 23.5 Å². The fourth-order valence-corrected chi connectivity index (χ4v) is 4.97. The smallest absolute Gasteiger partial charge is 0.0368 e. The SMILES string of the molecule is CN(C)CC[C@H]1Sc2ccccc2Sc2ccccc21. The third-order valence-electron chi connectivity index (χ3n) is 3.44. The molecule has 0 radical (unpaired) electrons. The van der Waals surface area contributed by atoms with Gasteiger partial charge in [0.1, 0.15) is 0 Å². The van der Waals surface area contributed by atoms with E-state index in [0.29, 0.717) is 5.25 Å². The fourth-order valence-electron chi connectivity index (χ4n) is 2.40. The zero-order chi connectivity index (χ0) is 13.9. The third-order valence-corrected chi connectivity index (χ3v) is 6.12. The van der Waals surface area contributed by atoms with Crippen LogP contribution in [0, 0.1) is 0 Å². The lowest BCUT2D eigenvalue weighted by Crippen LogP contribution is -2.15. The Kier molecular flexibility index (Phi) is 4.39. The van der Waals surface area contributed by atoms with Gasteiger partial charge in [-0.3, -0.25) is 0 Å². The Hall–Kier alpha value is -0.900. The van der Waals surface area contributed by atoms with Crippen molar-refractivity contribution >= 4 is 23.5 Å². The predicted molar refractivity (Wildman–Crippen MR) is 88.8 cm³/mol. The lowest BCUT2D eigenvalue weighted by Gasteiger charge is -2.19. The molecule has 1 heterocycles. The van der Waals surface area contributed by atoms with E-state index in [0.717, 1.165) is 6.54 Å². The van der Waals surface area contributed by atoms with Crippen LogP contribution in [0.15, 0.2) is 63.2 Å². The van der Waals surface area contributed by atoms with Crippen LogP contribution in [0.5, 0.6) is 0 Å². The molecule has 3 heteroatoms. The van der Waals surface area contributed by atoms with Gasteiger partial charge in [-0.15, -0.1) is 11.8 Å². The Morgan fingerprint density at radius 3 is 2.30 bits per heavy atom. The standard InChI is InChI=1S/C17H19NS2/c1-18(2)12-11-15-13-7-3-4-8-14(13)19-16-9-5-6-10-17(16)20-15/h3-10,15H,11-12H2,1-2H3/t15-/m1/s1. The lowest BCUT2D eigenvalue weighted by atomic mass is 10.1. The van der Waals surface area contributed by atoms with Gasteiger partial charge in [0.05, 0.1) is 0 Å². The van der Waals surface area contributed by atoms with E-state index < -0.39 is 0 Å². The van der Waals surface area contributed by atoms with Crippen molar-refractivity contribution < 1.29 is 0 Å². The zero-order valence-corrected chi connectivity index (χ0v) is 13.5. The number of rotatable bonds is 3. The maximum absolute atomic E-state index is 2.29. The second-order valence-electron chi connectivity index (χ2n) is 5.29. The van der Waals surface area contributed by atoms with Crippen molar-refractivity contribution in [2.45, 2.75) is 26.4 Å². The molecule has 104 valence electrons. The third kappa shape index (κ3) is 3.05. The minimum atomic E-state index is 0.546. The van der Waals surface area contributed by atoms with Gasteiger partial charge in [-0.1, -0.05) is 42.1 Å². The van der Waals surface area contributed by atoms with Crippen LogP contribution in [0.4, 0.5) is 0 Å². The minimum absolute atomic E-state index is 0.546. The molecule has 0 unspecified atom stereocenters. The summed E-state index contributed by atoms with van der Waals surface area (Å²) in [7, 11) is 4.30. The van der Waals surface area contributed by atoms with E-state index in [9.17, 15) is 0 Å². The van der Waals surface area contributed by atoms with Gasteiger partial charge in [-0.05, 0) is 50.8 Å². The first-order valence-electron chi connectivity index (χ1n) is 6.91. The molecule has 1 atom stereocenters. The number of hydrogen-bond acceptors (Lipinski definition) is 3. The summed E-state index contributed by atoms with van der Waals surface area (Å²) in [6.45, 7) is 1.12. The van der Waals surface area contributed by atoms with Crippen molar-refractivity contribution in [1.82, 2.24) is 4.90 Å². The summed E-state index contributed by atoms with van der Waals surface area (Å²) in [5.74, 6) is 0. The molecule has 2 aromatic carbocycles. The maximum Gasteiger partial charge on any atom is 0.0368 e. The summed E-state index contributed by atoms with van der Waals surface area (Å²) in [6, 6.07) is 17.6. The van der Waals surface area contributed by atoms with Gasteiger partial charge in [-0.2, -0.15) is 0 Å². The first kappa shape index (κ1) is 14.1. The van der Waals surface area contributed by atoms with E-state index in [1.54, 1.807) is 0 Å². The molecule has 1 nitrogen and oxygen atoms in total. The molecule has 0 N–H and O–H groups in total. The number of benzene rings is 2. The number of hydrogen-bond donors (Lipinski definition) is 0. The second-order valence-corrected chi connectivity index (χ2v) is 7.61. The van der Waals surface area contributed by atoms with Gasteiger partial charge in [0.15, 0.2) is 0 Å². The molecular formula is C17H19NS2. The highest BCUT2D eigenvalue weighted by Gasteiger charge is 2.22. The first-order valence-corrected chi connectivity index (χ1v) is 8.61. The molecule has 1 aliphatic rings. The molecule has 20 heavy (non-hydrogen) atoms. The van der Waals surface area contributed by atoms with Crippen molar-refractivity contribution in [1.29, 1.82) is 0 Å². The molecule has 0 aliphatic carbocycles. The van der Waals surface area contributed by atoms with E-state index in [4.69, 9.17) is 0 Å². The maximum atomic E-state index is 2.29. The minimum Gasteiger partial charge on any atom is -0.309 e. The van der Waals surface area contributed by atoms with Crippen molar-refractivity contribution in [3.05, 3.63) is 54.1 Å². The number of fused-ring (bicyclic) bond motifs is 2. The van der Waals surface area contributed by atoms with Crippen molar-refractivity contribution in [2.24, 2.45) is 0 Å². The molecular weight excluding hydrogens is 282 g/mol. The van der Waals surface area contributed by atoms with Crippen LogP contribution in [0.2, 0.25) is 0 Å². The Labute approximate surface area is 129 Å². The Balaban J connectivity index is 1.97. The van der Waals surface area contributed by atoms with Crippen LogP contribution in [0.3, 0.4) is 0 Å². The number of nitrogens with zero attached hydrogens (tertiary/aromatic N) is 1. The van der Waals surface area contributed by atoms with E-state index in [-0.39, 0.29) is 0 Å². The Morgan fingerprint density at radius 1 is 0.900 bits per heavy atom. The highest BCUT2D eigenvalue weighted by molar-refractivity contribution is 8.03. The molecule has 1 aliphatic heterocycles. The van der Waals surface area contributed by atoms with Gasteiger partial charge >= 0.3 is 0 Å². The van der Waals surface area contributed by atoms with Crippen molar-refractivity contribution in [3.63, 3.8) is 0 Å². The van der Waals surface area contributed by atoms with Crippen LogP contribution in [0.1, 0.15) is 17.2 Å². The normalized spacial score (nSPS) is 17.4. The molecule has 0 amide bonds. The fraction of sp³-hybridized carbons (Fsp3) is 0.294.